The molecule has 1 saturated carbocycles. The van der Waals surface area contributed by atoms with Gasteiger partial charge >= 0.3 is 6.03 Å². The molecule has 24 heavy (non-hydrogen) atoms. The van der Waals surface area contributed by atoms with E-state index in [0.717, 1.165) is 37.1 Å². The quantitative estimate of drug-likeness (QED) is 0.788. The van der Waals surface area contributed by atoms with Crippen molar-refractivity contribution in [3.63, 3.8) is 0 Å². The Bertz CT molecular complexity index is 547. The van der Waals surface area contributed by atoms with Crippen LogP contribution in [0.3, 0.4) is 0 Å². The topological polar surface area (TPSA) is 87.4 Å². The normalized spacial score (nSPS) is 24.7. The highest BCUT2D eigenvalue weighted by Crippen LogP contribution is 2.41. The summed E-state index contributed by atoms with van der Waals surface area (Å²) in [6, 6.07) is -0.310. The fraction of sp³-hybridized carbons (Fsp3) is 0.778. The van der Waals surface area contributed by atoms with Gasteiger partial charge in [-0.15, -0.1) is 0 Å². The molecule has 136 valence electrons. The summed E-state index contributed by atoms with van der Waals surface area (Å²) in [7, 11) is 0. The Morgan fingerprint density at radius 3 is 2.42 bits per heavy atom. The monoisotopic (exact) mass is 337 g/mol. The van der Waals surface area contributed by atoms with E-state index in [1.807, 2.05) is 13.8 Å². The molecular weight excluding hydrogens is 306 g/mol. The van der Waals surface area contributed by atoms with Crippen molar-refractivity contribution in [3.05, 3.63) is 17.3 Å². The van der Waals surface area contributed by atoms with Crippen molar-refractivity contribution in [1.82, 2.24) is 15.6 Å². The molecule has 0 aromatic carbocycles. The standard InChI is InChI=1S/C18H31N3O3/c1-12-13(2)24-15(21-12)10-19-16(22)20-11-18(23)8-6-14(7-9-18)17(3,4)5/h14,23H,6-11H2,1-5H3,(H2,19,20,22). The number of carbonyl (C=O) groups is 1. The molecule has 0 unspecified atom stereocenters. The molecule has 6 nitrogen and oxygen atoms in total. The van der Waals surface area contributed by atoms with E-state index >= 15 is 0 Å². The van der Waals surface area contributed by atoms with Gasteiger partial charge in [-0.05, 0) is 50.9 Å². The van der Waals surface area contributed by atoms with Crippen LogP contribution in [-0.4, -0.2) is 28.3 Å². The van der Waals surface area contributed by atoms with Crippen molar-refractivity contribution in [1.29, 1.82) is 0 Å². The lowest BCUT2D eigenvalue weighted by Gasteiger charge is -2.41. The minimum Gasteiger partial charge on any atom is -0.444 e. The number of amides is 2. The number of carbonyl (C=O) groups excluding carboxylic acids is 1. The second-order valence-electron chi connectivity index (χ2n) is 8.15. The van der Waals surface area contributed by atoms with Gasteiger partial charge in [0.2, 0.25) is 5.89 Å². The molecule has 0 atom stereocenters. The lowest BCUT2D eigenvalue weighted by atomic mass is 9.68. The molecule has 2 amide bonds. The molecule has 1 aromatic heterocycles. The van der Waals surface area contributed by atoms with Crippen molar-refractivity contribution in [2.75, 3.05) is 6.54 Å². The van der Waals surface area contributed by atoms with Gasteiger partial charge in [0, 0.05) is 6.54 Å². The summed E-state index contributed by atoms with van der Waals surface area (Å²) in [6.45, 7) is 11.0. The van der Waals surface area contributed by atoms with Gasteiger partial charge in [-0.2, -0.15) is 0 Å². The van der Waals surface area contributed by atoms with Gasteiger partial charge in [0.1, 0.15) is 5.76 Å². The predicted octanol–water partition coefficient (Wildman–Crippen LogP) is 3.06. The smallest absolute Gasteiger partial charge is 0.315 e. The first kappa shape index (κ1) is 18.8. The van der Waals surface area contributed by atoms with E-state index < -0.39 is 5.60 Å². The van der Waals surface area contributed by atoms with Crippen LogP contribution in [0.4, 0.5) is 4.79 Å². The average molecular weight is 337 g/mol. The van der Waals surface area contributed by atoms with Crippen LogP contribution >= 0.6 is 0 Å². The van der Waals surface area contributed by atoms with Gasteiger partial charge in [-0.25, -0.2) is 9.78 Å². The van der Waals surface area contributed by atoms with E-state index in [1.54, 1.807) is 0 Å². The third-order valence-electron chi connectivity index (χ3n) is 5.19. The minimum atomic E-state index is -0.796. The zero-order chi connectivity index (χ0) is 18.0. The first-order valence-corrected chi connectivity index (χ1v) is 8.76. The van der Waals surface area contributed by atoms with E-state index in [-0.39, 0.29) is 24.5 Å². The Hall–Kier alpha value is -1.56. The number of aromatic nitrogens is 1. The van der Waals surface area contributed by atoms with Gasteiger partial charge in [-0.1, -0.05) is 20.8 Å². The van der Waals surface area contributed by atoms with E-state index in [4.69, 9.17) is 4.42 Å². The Morgan fingerprint density at radius 2 is 1.92 bits per heavy atom. The highest BCUT2D eigenvalue weighted by Gasteiger charge is 2.37. The zero-order valence-electron chi connectivity index (χ0n) is 15.5. The maximum atomic E-state index is 11.9. The number of aryl methyl sites for hydroxylation is 2. The van der Waals surface area contributed by atoms with Gasteiger partial charge < -0.3 is 20.2 Å². The van der Waals surface area contributed by atoms with Crippen LogP contribution in [0.1, 0.15) is 63.8 Å². The Morgan fingerprint density at radius 1 is 1.29 bits per heavy atom. The molecule has 0 radical (unpaired) electrons. The van der Waals surface area contributed by atoms with Gasteiger partial charge in [0.05, 0.1) is 17.8 Å². The summed E-state index contributed by atoms with van der Waals surface area (Å²) in [6.07, 6.45) is 3.46. The molecule has 0 saturated heterocycles. The van der Waals surface area contributed by atoms with Crippen LogP contribution in [0.15, 0.2) is 4.42 Å². The van der Waals surface area contributed by atoms with Crippen molar-refractivity contribution < 1.29 is 14.3 Å². The molecule has 0 bridgehead atoms. The highest BCUT2D eigenvalue weighted by molar-refractivity contribution is 5.73. The highest BCUT2D eigenvalue weighted by atomic mass is 16.4. The van der Waals surface area contributed by atoms with Gasteiger partial charge in [0.15, 0.2) is 0 Å². The average Bonchev–Trinajstić information content (AvgIpc) is 2.81. The molecule has 3 N–H and O–H groups in total. The maximum absolute atomic E-state index is 11.9. The van der Waals surface area contributed by atoms with Crippen LogP contribution in [0.25, 0.3) is 0 Å². The number of hydrogen-bond acceptors (Lipinski definition) is 4. The second-order valence-corrected chi connectivity index (χ2v) is 8.15. The molecule has 1 heterocycles. The maximum Gasteiger partial charge on any atom is 0.315 e. The summed E-state index contributed by atoms with van der Waals surface area (Å²) in [4.78, 5) is 16.1. The van der Waals surface area contributed by atoms with Crippen molar-refractivity contribution in [2.24, 2.45) is 11.3 Å². The first-order valence-electron chi connectivity index (χ1n) is 8.76. The van der Waals surface area contributed by atoms with Crippen LogP contribution < -0.4 is 10.6 Å². The fourth-order valence-electron chi connectivity index (χ4n) is 3.28. The van der Waals surface area contributed by atoms with Crippen molar-refractivity contribution in [3.8, 4) is 0 Å². The minimum absolute atomic E-state index is 0.241. The summed E-state index contributed by atoms with van der Waals surface area (Å²) in [5.41, 5.74) is 0.310. The van der Waals surface area contributed by atoms with Crippen LogP contribution in [0, 0.1) is 25.2 Å². The molecule has 1 aliphatic rings. The second kappa shape index (κ2) is 7.13. The summed E-state index contributed by atoms with van der Waals surface area (Å²) in [5, 5.41) is 16.1. The third-order valence-corrected chi connectivity index (χ3v) is 5.19. The van der Waals surface area contributed by atoms with Gasteiger partial charge in [-0.3, -0.25) is 0 Å². The van der Waals surface area contributed by atoms with E-state index in [2.05, 4.69) is 36.4 Å². The van der Waals surface area contributed by atoms with E-state index in [1.165, 1.54) is 0 Å². The molecule has 6 heteroatoms. The van der Waals surface area contributed by atoms with Gasteiger partial charge in [0.25, 0.3) is 0 Å². The zero-order valence-corrected chi connectivity index (χ0v) is 15.5. The molecule has 1 fully saturated rings. The van der Waals surface area contributed by atoms with Crippen molar-refractivity contribution in [2.45, 2.75) is 72.4 Å². The first-order chi connectivity index (χ1) is 11.1. The predicted molar refractivity (Wildman–Crippen MR) is 92.6 cm³/mol. The molecular formula is C18H31N3O3. The lowest BCUT2D eigenvalue weighted by molar-refractivity contribution is -0.0218. The number of oxazole rings is 1. The number of aliphatic hydroxyl groups is 1. The SMILES string of the molecule is Cc1nc(CNC(=O)NCC2(O)CCC(C(C)(C)C)CC2)oc1C. The van der Waals surface area contributed by atoms with Crippen LogP contribution in [-0.2, 0) is 6.54 Å². The lowest BCUT2D eigenvalue weighted by Crippen LogP contribution is -2.48. The molecule has 1 aromatic rings. The summed E-state index contributed by atoms with van der Waals surface area (Å²) >= 11 is 0. The molecule has 1 aliphatic carbocycles. The Balaban J connectivity index is 1.73. The van der Waals surface area contributed by atoms with E-state index in [0.29, 0.717) is 11.8 Å². The largest absolute Gasteiger partial charge is 0.444 e. The number of rotatable bonds is 4. The Kier molecular flexibility index (Phi) is 5.58. The fourth-order valence-corrected chi connectivity index (χ4v) is 3.28. The number of hydrogen-bond donors (Lipinski definition) is 3. The van der Waals surface area contributed by atoms with Crippen LogP contribution in [0.5, 0.6) is 0 Å². The molecule has 2 rings (SSSR count). The summed E-state index contributed by atoms with van der Waals surface area (Å²) < 4.78 is 5.42. The van der Waals surface area contributed by atoms with Crippen LogP contribution in [0.2, 0.25) is 0 Å². The molecule has 0 aliphatic heterocycles. The van der Waals surface area contributed by atoms with Crippen molar-refractivity contribution >= 4 is 6.03 Å². The number of nitrogens with zero attached hydrogens (tertiary/aromatic N) is 1. The number of nitrogens with one attached hydrogen (secondary N) is 2. The number of urea groups is 1. The molecule has 0 spiro atoms. The summed E-state index contributed by atoms with van der Waals surface area (Å²) in [5.74, 6) is 1.88. The van der Waals surface area contributed by atoms with E-state index in [9.17, 15) is 9.90 Å². The third kappa shape index (κ3) is 4.97. The Labute approximate surface area is 144 Å².